The third-order valence-electron chi connectivity index (χ3n) is 3.54. The molecule has 19 heavy (non-hydrogen) atoms. The zero-order valence-corrected chi connectivity index (χ0v) is 10.9. The molecule has 1 aliphatic heterocycles. The first kappa shape index (κ1) is 12.3. The number of hydrogen-bond acceptors (Lipinski definition) is 4. The van der Waals surface area contributed by atoms with Gasteiger partial charge in [-0.3, -0.25) is 14.9 Å². The van der Waals surface area contributed by atoms with E-state index < -0.39 is 0 Å². The number of pyridine rings is 2. The van der Waals surface area contributed by atoms with Gasteiger partial charge in [-0.1, -0.05) is 6.07 Å². The molecule has 1 N–H and O–H groups in total. The predicted molar refractivity (Wildman–Crippen MR) is 74.8 cm³/mol. The zero-order valence-electron chi connectivity index (χ0n) is 10.9. The van der Waals surface area contributed by atoms with Gasteiger partial charge in [0.15, 0.2) is 0 Å². The van der Waals surface area contributed by atoms with Gasteiger partial charge in [-0.05, 0) is 29.3 Å². The highest BCUT2D eigenvalue weighted by molar-refractivity contribution is 5.28. The highest BCUT2D eigenvalue weighted by atomic mass is 15.2. The first-order valence-electron chi connectivity index (χ1n) is 6.70. The minimum Gasteiger partial charge on any atom is -0.314 e. The lowest BCUT2D eigenvalue weighted by Crippen LogP contribution is -2.45. The maximum atomic E-state index is 4.27. The molecule has 1 unspecified atom stereocenters. The van der Waals surface area contributed by atoms with Crippen LogP contribution in [-0.4, -0.2) is 41.0 Å². The lowest BCUT2D eigenvalue weighted by Gasteiger charge is -2.35. The Balaban J connectivity index is 1.96. The predicted octanol–water partition coefficient (Wildman–Crippen LogP) is 1.47. The van der Waals surface area contributed by atoms with E-state index in [1.54, 1.807) is 0 Å². The average molecular weight is 254 g/mol. The van der Waals surface area contributed by atoms with Crippen LogP contribution in [0.1, 0.15) is 17.2 Å². The van der Waals surface area contributed by atoms with Gasteiger partial charge in [0.05, 0.1) is 6.04 Å². The van der Waals surface area contributed by atoms with Crippen molar-refractivity contribution >= 4 is 0 Å². The van der Waals surface area contributed by atoms with Gasteiger partial charge in [-0.2, -0.15) is 0 Å². The van der Waals surface area contributed by atoms with Crippen LogP contribution in [0.25, 0.3) is 0 Å². The molecule has 3 heterocycles. The van der Waals surface area contributed by atoms with Crippen molar-refractivity contribution in [1.82, 2.24) is 20.2 Å². The van der Waals surface area contributed by atoms with Crippen LogP contribution in [0.2, 0.25) is 0 Å². The van der Waals surface area contributed by atoms with E-state index in [0.29, 0.717) is 0 Å². The number of nitrogens with zero attached hydrogens (tertiary/aromatic N) is 3. The lowest BCUT2D eigenvalue weighted by atomic mass is 9.99. The summed E-state index contributed by atoms with van der Waals surface area (Å²) in [7, 11) is 0. The Hall–Kier alpha value is -1.78. The van der Waals surface area contributed by atoms with Crippen LogP contribution in [0.4, 0.5) is 0 Å². The summed E-state index contributed by atoms with van der Waals surface area (Å²) in [6.07, 6.45) is 7.51. The second-order valence-electron chi connectivity index (χ2n) is 4.76. The van der Waals surface area contributed by atoms with E-state index in [9.17, 15) is 0 Å². The summed E-state index contributed by atoms with van der Waals surface area (Å²) < 4.78 is 0. The third-order valence-corrected chi connectivity index (χ3v) is 3.54. The van der Waals surface area contributed by atoms with Crippen LogP contribution >= 0.6 is 0 Å². The van der Waals surface area contributed by atoms with E-state index in [0.717, 1.165) is 26.2 Å². The largest absolute Gasteiger partial charge is 0.314 e. The van der Waals surface area contributed by atoms with Crippen LogP contribution in [0, 0.1) is 0 Å². The monoisotopic (exact) mass is 254 g/mol. The molecule has 3 rings (SSSR count). The van der Waals surface area contributed by atoms with Crippen molar-refractivity contribution in [3.8, 4) is 0 Å². The summed E-state index contributed by atoms with van der Waals surface area (Å²) in [5, 5.41) is 3.40. The van der Waals surface area contributed by atoms with Gasteiger partial charge in [0.25, 0.3) is 0 Å². The molecule has 4 heteroatoms. The van der Waals surface area contributed by atoms with E-state index in [-0.39, 0.29) is 6.04 Å². The fraction of sp³-hybridized carbons (Fsp3) is 0.333. The van der Waals surface area contributed by atoms with Gasteiger partial charge in [0, 0.05) is 51.0 Å². The van der Waals surface area contributed by atoms with Crippen LogP contribution in [0.15, 0.2) is 49.1 Å². The molecule has 0 radical (unpaired) electrons. The summed E-state index contributed by atoms with van der Waals surface area (Å²) in [5.74, 6) is 0. The molecule has 2 aromatic rings. The molecule has 0 spiro atoms. The van der Waals surface area contributed by atoms with Crippen LogP contribution in [0.5, 0.6) is 0 Å². The molecule has 0 amide bonds. The normalized spacial score (nSPS) is 18.1. The smallest absolute Gasteiger partial charge is 0.0618 e. The number of hydrogen-bond donors (Lipinski definition) is 1. The van der Waals surface area contributed by atoms with Gasteiger partial charge in [-0.25, -0.2) is 0 Å². The Bertz CT molecular complexity index is 455. The fourth-order valence-corrected chi connectivity index (χ4v) is 2.64. The quantitative estimate of drug-likeness (QED) is 0.900. The first-order chi connectivity index (χ1) is 9.45. The Morgan fingerprint density at radius 2 is 1.74 bits per heavy atom. The van der Waals surface area contributed by atoms with Gasteiger partial charge in [-0.15, -0.1) is 0 Å². The maximum Gasteiger partial charge on any atom is 0.0618 e. The standard InChI is InChI=1S/C15H18N4/c1-2-14(12-18-5-1)15(13-3-6-16-7-4-13)19-10-8-17-9-11-19/h1-7,12,15,17H,8-11H2. The molecular formula is C15H18N4. The van der Waals surface area contributed by atoms with E-state index in [4.69, 9.17) is 0 Å². The molecule has 0 saturated carbocycles. The third kappa shape index (κ3) is 2.80. The van der Waals surface area contributed by atoms with E-state index in [1.165, 1.54) is 11.1 Å². The van der Waals surface area contributed by atoms with Crippen molar-refractivity contribution in [2.75, 3.05) is 26.2 Å². The Labute approximate surface area is 113 Å². The number of piperazine rings is 1. The van der Waals surface area contributed by atoms with Gasteiger partial charge in [0.1, 0.15) is 0 Å². The average Bonchev–Trinajstić information content (AvgIpc) is 2.51. The Morgan fingerprint density at radius 3 is 2.42 bits per heavy atom. The lowest BCUT2D eigenvalue weighted by molar-refractivity contribution is 0.198. The second-order valence-corrected chi connectivity index (χ2v) is 4.76. The molecule has 1 atom stereocenters. The SMILES string of the molecule is c1cncc(C(c2ccncc2)N2CCNCC2)c1. The minimum atomic E-state index is 0.277. The number of aromatic nitrogens is 2. The van der Waals surface area contributed by atoms with Gasteiger partial charge < -0.3 is 5.32 Å². The maximum absolute atomic E-state index is 4.27. The zero-order chi connectivity index (χ0) is 12.9. The topological polar surface area (TPSA) is 41.1 Å². The van der Waals surface area contributed by atoms with E-state index in [1.807, 2.05) is 30.9 Å². The molecule has 1 aliphatic rings. The second kappa shape index (κ2) is 5.91. The van der Waals surface area contributed by atoms with Crippen LogP contribution in [-0.2, 0) is 0 Å². The summed E-state index contributed by atoms with van der Waals surface area (Å²) in [6.45, 7) is 4.20. The Kier molecular flexibility index (Phi) is 3.81. The van der Waals surface area contributed by atoms with E-state index >= 15 is 0 Å². The molecule has 4 nitrogen and oxygen atoms in total. The minimum absolute atomic E-state index is 0.277. The molecule has 98 valence electrons. The summed E-state index contributed by atoms with van der Waals surface area (Å²) in [5.41, 5.74) is 2.53. The highest BCUT2D eigenvalue weighted by Crippen LogP contribution is 2.27. The van der Waals surface area contributed by atoms with Crippen molar-refractivity contribution in [2.24, 2.45) is 0 Å². The fourth-order valence-electron chi connectivity index (χ4n) is 2.64. The molecular weight excluding hydrogens is 236 g/mol. The van der Waals surface area contributed by atoms with Crippen LogP contribution < -0.4 is 5.32 Å². The summed E-state index contributed by atoms with van der Waals surface area (Å²) in [4.78, 5) is 10.9. The molecule has 0 aromatic carbocycles. The van der Waals surface area contributed by atoms with Crippen molar-refractivity contribution in [3.05, 3.63) is 60.2 Å². The number of rotatable bonds is 3. The van der Waals surface area contributed by atoms with Crippen molar-refractivity contribution in [2.45, 2.75) is 6.04 Å². The molecule has 2 aromatic heterocycles. The number of nitrogens with one attached hydrogen (secondary N) is 1. The van der Waals surface area contributed by atoms with Crippen molar-refractivity contribution in [3.63, 3.8) is 0 Å². The van der Waals surface area contributed by atoms with Gasteiger partial charge >= 0.3 is 0 Å². The van der Waals surface area contributed by atoms with Crippen molar-refractivity contribution < 1.29 is 0 Å². The highest BCUT2D eigenvalue weighted by Gasteiger charge is 2.23. The van der Waals surface area contributed by atoms with Crippen molar-refractivity contribution in [1.29, 1.82) is 0 Å². The van der Waals surface area contributed by atoms with Crippen LogP contribution in [0.3, 0.4) is 0 Å². The Morgan fingerprint density at radius 1 is 0.947 bits per heavy atom. The van der Waals surface area contributed by atoms with E-state index in [2.05, 4.69) is 38.4 Å². The summed E-state index contributed by atoms with van der Waals surface area (Å²) >= 11 is 0. The first-order valence-corrected chi connectivity index (χ1v) is 6.70. The molecule has 1 fully saturated rings. The molecule has 0 aliphatic carbocycles. The summed E-state index contributed by atoms with van der Waals surface area (Å²) in [6, 6.07) is 8.63. The molecule has 0 bridgehead atoms. The molecule has 1 saturated heterocycles. The van der Waals surface area contributed by atoms with Gasteiger partial charge in [0.2, 0.25) is 0 Å².